The zero-order valence-corrected chi connectivity index (χ0v) is 16.3. The van der Waals surface area contributed by atoms with Gasteiger partial charge in [-0.3, -0.25) is 9.59 Å². The third-order valence-corrected chi connectivity index (χ3v) is 5.18. The van der Waals surface area contributed by atoms with Crippen molar-refractivity contribution in [1.82, 2.24) is 20.0 Å². The summed E-state index contributed by atoms with van der Waals surface area (Å²) in [6, 6.07) is 5.87. The molecule has 3 rings (SSSR count). The predicted octanol–water partition coefficient (Wildman–Crippen LogP) is 1.28. The number of piperazine rings is 1. The Bertz CT molecular complexity index is 728. The molecular formula is C20H28N4O3. The van der Waals surface area contributed by atoms with Gasteiger partial charge < -0.3 is 20.0 Å². The van der Waals surface area contributed by atoms with Crippen LogP contribution in [0.15, 0.2) is 18.2 Å². The molecule has 0 spiro atoms. The van der Waals surface area contributed by atoms with Gasteiger partial charge in [-0.1, -0.05) is 29.3 Å². The summed E-state index contributed by atoms with van der Waals surface area (Å²) in [4.78, 5) is 41.8. The summed E-state index contributed by atoms with van der Waals surface area (Å²) in [6.45, 7) is 8.89. The van der Waals surface area contributed by atoms with Gasteiger partial charge >= 0.3 is 6.03 Å². The average molecular weight is 372 g/mol. The minimum Gasteiger partial charge on any atom is -0.341 e. The van der Waals surface area contributed by atoms with Crippen molar-refractivity contribution in [3.63, 3.8) is 0 Å². The molecule has 27 heavy (non-hydrogen) atoms. The lowest BCUT2D eigenvalue weighted by molar-refractivity contribution is -0.135. The molecule has 1 aromatic rings. The van der Waals surface area contributed by atoms with Gasteiger partial charge in [0, 0.05) is 39.1 Å². The summed E-state index contributed by atoms with van der Waals surface area (Å²) in [7, 11) is 0. The molecule has 7 nitrogen and oxygen atoms in total. The second kappa shape index (κ2) is 7.98. The van der Waals surface area contributed by atoms with Crippen molar-refractivity contribution in [1.29, 1.82) is 0 Å². The van der Waals surface area contributed by atoms with Gasteiger partial charge in [-0.25, -0.2) is 4.79 Å². The van der Waals surface area contributed by atoms with E-state index in [4.69, 9.17) is 0 Å². The maximum atomic E-state index is 12.5. The van der Waals surface area contributed by atoms with E-state index in [1.54, 1.807) is 14.7 Å². The van der Waals surface area contributed by atoms with Crippen LogP contribution in [0.1, 0.15) is 30.0 Å². The van der Waals surface area contributed by atoms with Crippen LogP contribution in [0.4, 0.5) is 4.79 Å². The van der Waals surface area contributed by atoms with Crippen molar-refractivity contribution in [2.24, 2.45) is 0 Å². The Kier molecular flexibility index (Phi) is 5.68. The van der Waals surface area contributed by atoms with Crippen LogP contribution in [-0.2, 0) is 16.1 Å². The fraction of sp³-hybridized carbons (Fsp3) is 0.550. The number of amides is 4. The second-order valence-corrected chi connectivity index (χ2v) is 7.52. The number of hydrogen-bond donors (Lipinski definition) is 1. The first-order valence-electron chi connectivity index (χ1n) is 9.54. The van der Waals surface area contributed by atoms with Crippen molar-refractivity contribution in [2.45, 2.75) is 39.8 Å². The third-order valence-electron chi connectivity index (χ3n) is 5.18. The molecule has 0 aliphatic carbocycles. The lowest BCUT2D eigenvalue weighted by Crippen LogP contribution is -2.55. The molecule has 2 aliphatic rings. The number of urea groups is 1. The minimum atomic E-state index is -0.259. The van der Waals surface area contributed by atoms with Gasteiger partial charge in [0.05, 0.1) is 6.04 Å². The molecule has 1 aromatic carbocycles. The van der Waals surface area contributed by atoms with E-state index >= 15 is 0 Å². The van der Waals surface area contributed by atoms with Crippen molar-refractivity contribution in [3.05, 3.63) is 34.9 Å². The van der Waals surface area contributed by atoms with Crippen LogP contribution in [0, 0.1) is 13.8 Å². The summed E-state index contributed by atoms with van der Waals surface area (Å²) in [5.74, 6) is 0.0189. The van der Waals surface area contributed by atoms with Crippen molar-refractivity contribution in [3.8, 4) is 0 Å². The number of likely N-dealkylation sites (tertiary alicyclic amines) is 1. The number of carbonyl (C=O) groups is 3. The smallest absolute Gasteiger partial charge is 0.318 e. The maximum Gasteiger partial charge on any atom is 0.318 e. The number of nitrogens with zero attached hydrogens (tertiary/aromatic N) is 3. The molecule has 2 aliphatic heterocycles. The number of nitrogens with one attached hydrogen (secondary N) is 1. The highest BCUT2D eigenvalue weighted by atomic mass is 16.2. The van der Waals surface area contributed by atoms with Gasteiger partial charge in [0.25, 0.3) is 0 Å². The molecule has 4 amide bonds. The number of aryl methyl sites for hydroxylation is 2. The highest BCUT2D eigenvalue weighted by Gasteiger charge is 2.32. The van der Waals surface area contributed by atoms with Crippen LogP contribution in [0.3, 0.4) is 0 Å². The molecule has 146 valence electrons. The fourth-order valence-corrected chi connectivity index (χ4v) is 3.87. The maximum absolute atomic E-state index is 12.5. The lowest BCUT2D eigenvalue weighted by Gasteiger charge is -2.35. The molecule has 2 saturated heterocycles. The number of hydrogen-bond acceptors (Lipinski definition) is 3. The topological polar surface area (TPSA) is 73.0 Å². The monoisotopic (exact) mass is 372 g/mol. The summed E-state index contributed by atoms with van der Waals surface area (Å²) in [5, 5.41) is 2.90. The van der Waals surface area contributed by atoms with E-state index in [2.05, 4.69) is 23.5 Å². The zero-order valence-electron chi connectivity index (χ0n) is 16.3. The number of benzene rings is 1. The van der Waals surface area contributed by atoms with E-state index in [0.29, 0.717) is 39.1 Å². The Balaban J connectivity index is 1.53. The van der Waals surface area contributed by atoms with Crippen molar-refractivity contribution in [2.75, 3.05) is 32.7 Å². The molecule has 1 atom stereocenters. The molecule has 2 heterocycles. The van der Waals surface area contributed by atoms with E-state index in [1.165, 1.54) is 11.1 Å². The van der Waals surface area contributed by atoms with Crippen LogP contribution in [0.5, 0.6) is 0 Å². The Morgan fingerprint density at radius 3 is 2.37 bits per heavy atom. The quantitative estimate of drug-likeness (QED) is 0.865. The Morgan fingerprint density at radius 2 is 1.78 bits per heavy atom. The number of carbonyl (C=O) groups excluding carboxylic acids is 3. The van der Waals surface area contributed by atoms with Gasteiger partial charge in [-0.2, -0.15) is 0 Å². The summed E-state index contributed by atoms with van der Waals surface area (Å²) in [5.41, 5.74) is 3.48. The minimum absolute atomic E-state index is 0.0479. The first kappa shape index (κ1) is 19.2. The standard InChI is InChI=1S/C20H28N4O3/c1-4-22-12-17(10-18(22)25)21-20(27)24-6-5-23(19(26)13-24)11-16-8-14(2)7-15(3)9-16/h7-9,17H,4-6,10-13H2,1-3H3,(H,21,27). The van der Waals surface area contributed by atoms with Gasteiger partial charge in [-0.15, -0.1) is 0 Å². The normalized spacial score (nSPS) is 20.4. The van der Waals surface area contributed by atoms with Crippen LogP contribution >= 0.6 is 0 Å². The first-order chi connectivity index (χ1) is 12.9. The molecule has 1 N–H and O–H groups in total. The van der Waals surface area contributed by atoms with Crippen molar-refractivity contribution < 1.29 is 14.4 Å². The van der Waals surface area contributed by atoms with Crippen molar-refractivity contribution >= 4 is 17.8 Å². The van der Waals surface area contributed by atoms with Crippen LogP contribution in [-0.4, -0.2) is 71.3 Å². The van der Waals surface area contributed by atoms with E-state index in [1.807, 2.05) is 20.8 Å². The van der Waals surface area contributed by atoms with Crippen LogP contribution in [0.2, 0.25) is 0 Å². The van der Waals surface area contributed by atoms with E-state index in [0.717, 1.165) is 5.56 Å². The van der Waals surface area contributed by atoms with Crippen LogP contribution in [0.25, 0.3) is 0 Å². The largest absolute Gasteiger partial charge is 0.341 e. The summed E-state index contributed by atoms with van der Waals surface area (Å²) < 4.78 is 0. The molecule has 0 bridgehead atoms. The van der Waals surface area contributed by atoms with E-state index < -0.39 is 0 Å². The highest BCUT2D eigenvalue weighted by molar-refractivity contribution is 5.86. The third kappa shape index (κ3) is 4.59. The summed E-state index contributed by atoms with van der Waals surface area (Å²) in [6.07, 6.45) is 0.334. The molecular weight excluding hydrogens is 344 g/mol. The Labute approximate surface area is 160 Å². The molecule has 2 fully saturated rings. The number of likely N-dealkylation sites (N-methyl/N-ethyl adjacent to an activating group) is 1. The fourth-order valence-electron chi connectivity index (χ4n) is 3.87. The molecule has 1 unspecified atom stereocenters. The molecule has 0 radical (unpaired) electrons. The van der Waals surface area contributed by atoms with Crippen LogP contribution < -0.4 is 5.32 Å². The van der Waals surface area contributed by atoms with E-state index in [-0.39, 0.29) is 30.4 Å². The van der Waals surface area contributed by atoms with Gasteiger partial charge in [-0.05, 0) is 26.3 Å². The van der Waals surface area contributed by atoms with Gasteiger partial charge in [0.1, 0.15) is 6.54 Å². The Hall–Kier alpha value is -2.57. The first-order valence-corrected chi connectivity index (χ1v) is 9.54. The number of rotatable bonds is 4. The SMILES string of the molecule is CCN1CC(NC(=O)N2CCN(Cc3cc(C)cc(C)c3)C(=O)C2)CC1=O. The highest BCUT2D eigenvalue weighted by Crippen LogP contribution is 2.15. The zero-order chi connectivity index (χ0) is 19.6. The van der Waals surface area contributed by atoms with Gasteiger partial charge in [0.2, 0.25) is 11.8 Å². The average Bonchev–Trinajstić information content (AvgIpc) is 2.95. The molecule has 7 heteroatoms. The van der Waals surface area contributed by atoms with E-state index in [9.17, 15) is 14.4 Å². The lowest BCUT2D eigenvalue weighted by atomic mass is 10.1. The Morgan fingerprint density at radius 1 is 1.07 bits per heavy atom. The molecule has 0 aromatic heterocycles. The second-order valence-electron chi connectivity index (χ2n) is 7.52. The van der Waals surface area contributed by atoms with Gasteiger partial charge in [0.15, 0.2) is 0 Å². The summed E-state index contributed by atoms with van der Waals surface area (Å²) >= 11 is 0. The predicted molar refractivity (Wildman–Crippen MR) is 102 cm³/mol. The molecule has 0 saturated carbocycles.